The van der Waals surface area contributed by atoms with Crippen LogP contribution in [0.3, 0.4) is 0 Å². The number of phenols is 1. The molecule has 3 rings (SSSR count). The first-order valence-electron chi connectivity index (χ1n) is 10.4. The lowest BCUT2D eigenvalue weighted by Crippen LogP contribution is -2.08. The van der Waals surface area contributed by atoms with Crippen molar-refractivity contribution < 1.29 is 28.5 Å². The Bertz CT molecular complexity index is 1080. The molecule has 0 spiro atoms. The number of carbonyl (C=O) groups is 1. The van der Waals surface area contributed by atoms with E-state index in [1.165, 1.54) is 26.4 Å². The van der Waals surface area contributed by atoms with Crippen molar-refractivity contribution in [1.29, 1.82) is 0 Å². The summed E-state index contributed by atoms with van der Waals surface area (Å²) in [5, 5.41) is 10.5. The molecule has 5 nitrogen and oxygen atoms in total. The second kappa shape index (κ2) is 10.7. The standard InChI is InChI=1S/C26H27FO5/c1-4-18(14-26(29)31-3)19-6-5-7-21(13-19)32-16-17-8-10-22(25(28)12-17)23-15-20(30-2)9-11-24(23)27/h5-13,15,18,28H,4,14,16H2,1-3H3. The third-order valence-electron chi connectivity index (χ3n) is 5.39. The smallest absolute Gasteiger partial charge is 0.306 e. The molecule has 168 valence electrons. The predicted molar refractivity (Wildman–Crippen MR) is 120 cm³/mol. The third kappa shape index (κ3) is 5.58. The number of hydrogen-bond acceptors (Lipinski definition) is 5. The number of hydrogen-bond donors (Lipinski definition) is 1. The van der Waals surface area contributed by atoms with Gasteiger partial charge < -0.3 is 19.3 Å². The molecule has 6 heteroatoms. The van der Waals surface area contributed by atoms with Crippen LogP contribution in [-0.2, 0) is 16.1 Å². The van der Waals surface area contributed by atoms with E-state index >= 15 is 0 Å². The van der Waals surface area contributed by atoms with E-state index in [4.69, 9.17) is 14.2 Å². The minimum atomic E-state index is -0.445. The van der Waals surface area contributed by atoms with Gasteiger partial charge in [-0.05, 0) is 59.9 Å². The molecular formula is C26H27FO5. The Morgan fingerprint density at radius 2 is 1.81 bits per heavy atom. The van der Waals surface area contributed by atoms with Gasteiger partial charge in [0.15, 0.2) is 0 Å². The van der Waals surface area contributed by atoms with Gasteiger partial charge in [0.2, 0.25) is 0 Å². The quantitative estimate of drug-likeness (QED) is 0.425. The van der Waals surface area contributed by atoms with Gasteiger partial charge in [0, 0.05) is 11.1 Å². The number of aromatic hydroxyl groups is 1. The number of carbonyl (C=O) groups excluding carboxylic acids is 1. The molecule has 3 aromatic rings. The Morgan fingerprint density at radius 1 is 1.00 bits per heavy atom. The summed E-state index contributed by atoms with van der Waals surface area (Å²) in [6, 6.07) is 17.0. The van der Waals surface area contributed by atoms with E-state index in [9.17, 15) is 14.3 Å². The molecule has 0 aliphatic carbocycles. The fourth-order valence-corrected chi connectivity index (χ4v) is 3.54. The molecule has 0 aliphatic rings. The first kappa shape index (κ1) is 23.1. The Hall–Kier alpha value is -3.54. The number of phenolic OH excluding ortho intramolecular Hbond substituents is 1. The number of benzene rings is 3. The summed E-state index contributed by atoms with van der Waals surface area (Å²) in [6.45, 7) is 2.25. The molecule has 0 aliphatic heterocycles. The molecule has 0 fully saturated rings. The molecule has 0 saturated carbocycles. The highest BCUT2D eigenvalue weighted by Gasteiger charge is 2.16. The predicted octanol–water partition coefficient (Wildman–Crippen LogP) is 5.84. The topological polar surface area (TPSA) is 65.0 Å². The minimum Gasteiger partial charge on any atom is -0.507 e. The van der Waals surface area contributed by atoms with Gasteiger partial charge in [-0.3, -0.25) is 4.79 Å². The van der Waals surface area contributed by atoms with Crippen molar-refractivity contribution in [2.75, 3.05) is 14.2 Å². The van der Waals surface area contributed by atoms with Crippen molar-refractivity contribution in [3.63, 3.8) is 0 Å². The lowest BCUT2D eigenvalue weighted by molar-refractivity contribution is -0.141. The van der Waals surface area contributed by atoms with E-state index in [0.717, 1.165) is 17.5 Å². The summed E-state index contributed by atoms with van der Waals surface area (Å²) >= 11 is 0. The Morgan fingerprint density at radius 3 is 2.50 bits per heavy atom. The molecule has 0 bridgehead atoms. The van der Waals surface area contributed by atoms with Crippen LogP contribution in [-0.4, -0.2) is 25.3 Å². The van der Waals surface area contributed by atoms with Gasteiger partial charge >= 0.3 is 5.97 Å². The molecule has 1 unspecified atom stereocenters. The van der Waals surface area contributed by atoms with E-state index in [1.807, 2.05) is 31.2 Å². The Balaban J connectivity index is 1.73. The number of esters is 1. The average molecular weight is 438 g/mol. The van der Waals surface area contributed by atoms with Crippen molar-refractivity contribution in [2.45, 2.75) is 32.3 Å². The maximum Gasteiger partial charge on any atom is 0.306 e. The van der Waals surface area contributed by atoms with Crippen LogP contribution in [0, 0.1) is 5.82 Å². The second-order valence-corrected chi connectivity index (χ2v) is 7.44. The summed E-state index contributed by atoms with van der Waals surface area (Å²) in [5.74, 6) is 0.479. The molecule has 32 heavy (non-hydrogen) atoms. The van der Waals surface area contributed by atoms with Crippen LogP contribution in [0.1, 0.15) is 36.8 Å². The first-order valence-corrected chi connectivity index (χ1v) is 10.4. The van der Waals surface area contributed by atoms with Crippen molar-refractivity contribution in [3.05, 3.63) is 77.6 Å². The lowest BCUT2D eigenvalue weighted by atomic mass is 9.93. The van der Waals surface area contributed by atoms with E-state index in [1.54, 1.807) is 24.3 Å². The Labute approximate surface area is 187 Å². The van der Waals surface area contributed by atoms with Gasteiger partial charge in [-0.1, -0.05) is 31.2 Å². The SMILES string of the molecule is CCC(CC(=O)OC)c1cccc(OCc2ccc(-c3cc(OC)ccc3F)c(O)c2)c1. The van der Waals surface area contributed by atoms with Gasteiger partial charge in [-0.15, -0.1) is 0 Å². The van der Waals surface area contributed by atoms with Gasteiger partial charge in [-0.2, -0.15) is 0 Å². The van der Waals surface area contributed by atoms with E-state index in [-0.39, 0.29) is 29.8 Å². The number of halogens is 1. The first-order chi connectivity index (χ1) is 15.4. The highest BCUT2D eigenvalue weighted by Crippen LogP contribution is 2.34. The zero-order valence-corrected chi connectivity index (χ0v) is 18.4. The normalized spacial score (nSPS) is 11.6. The van der Waals surface area contributed by atoms with Crippen molar-refractivity contribution in [1.82, 2.24) is 0 Å². The zero-order chi connectivity index (χ0) is 23.1. The van der Waals surface area contributed by atoms with E-state index in [0.29, 0.717) is 23.5 Å². The average Bonchev–Trinajstić information content (AvgIpc) is 2.82. The molecular weight excluding hydrogens is 411 g/mol. The summed E-state index contributed by atoms with van der Waals surface area (Å²) in [4.78, 5) is 11.7. The summed E-state index contributed by atoms with van der Waals surface area (Å²) in [7, 11) is 2.89. The van der Waals surface area contributed by atoms with Gasteiger partial charge in [0.05, 0.1) is 20.6 Å². The maximum atomic E-state index is 14.3. The molecule has 1 atom stereocenters. The zero-order valence-electron chi connectivity index (χ0n) is 18.4. The maximum absolute atomic E-state index is 14.3. The van der Waals surface area contributed by atoms with Crippen LogP contribution in [0.25, 0.3) is 11.1 Å². The van der Waals surface area contributed by atoms with Crippen LogP contribution in [0.4, 0.5) is 4.39 Å². The summed E-state index contributed by atoms with van der Waals surface area (Å²) < 4.78 is 30.1. The molecule has 3 aromatic carbocycles. The fraction of sp³-hybridized carbons (Fsp3) is 0.269. The van der Waals surface area contributed by atoms with Crippen LogP contribution in [0.5, 0.6) is 17.2 Å². The molecule has 0 aromatic heterocycles. The summed E-state index contributed by atoms with van der Waals surface area (Å²) in [6.07, 6.45) is 1.11. The van der Waals surface area contributed by atoms with E-state index < -0.39 is 5.82 Å². The molecule has 0 radical (unpaired) electrons. The van der Waals surface area contributed by atoms with Crippen molar-refractivity contribution in [3.8, 4) is 28.4 Å². The van der Waals surface area contributed by atoms with Crippen molar-refractivity contribution >= 4 is 5.97 Å². The molecule has 0 amide bonds. The molecule has 1 N–H and O–H groups in total. The third-order valence-corrected chi connectivity index (χ3v) is 5.39. The number of methoxy groups -OCH3 is 2. The van der Waals surface area contributed by atoms with Crippen LogP contribution >= 0.6 is 0 Å². The molecule has 0 heterocycles. The Kier molecular flexibility index (Phi) is 7.71. The highest BCUT2D eigenvalue weighted by molar-refractivity contribution is 5.72. The highest BCUT2D eigenvalue weighted by atomic mass is 19.1. The van der Waals surface area contributed by atoms with E-state index in [2.05, 4.69) is 0 Å². The van der Waals surface area contributed by atoms with Crippen LogP contribution < -0.4 is 9.47 Å². The largest absolute Gasteiger partial charge is 0.507 e. The van der Waals surface area contributed by atoms with Gasteiger partial charge in [0.25, 0.3) is 0 Å². The van der Waals surface area contributed by atoms with Crippen LogP contribution in [0.2, 0.25) is 0 Å². The van der Waals surface area contributed by atoms with Crippen molar-refractivity contribution in [2.24, 2.45) is 0 Å². The number of ether oxygens (including phenoxy) is 3. The van der Waals surface area contributed by atoms with Gasteiger partial charge in [-0.25, -0.2) is 4.39 Å². The number of rotatable bonds is 9. The summed E-state index contributed by atoms with van der Waals surface area (Å²) in [5.41, 5.74) is 2.38. The van der Waals surface area contributed by atoms with Crippen LogP contribution in [0.15, 0.2) is 60.7 Å². The second-order valence-electron chi connectivity index (χ2n) is 7.44. The monoisotopic (exact) mass is 438 g/mol. The molecule has 0 saturated heterocycles. The van der Waals surface area contributed by atoms with Gasteiger partial charge in [0.1, 0.15) is 29.7 Å². The lowest BCUT2D eigenvalue weighted by Gasteiger charge is -2.16. The minimum absolute atomic E-state index is 0.0453. The fourth-order valence-electron chi connectivity index (χ4n) is 3.54.